The minimum Gasteiger partial charge on any atom is -0.495 e. The molecule has 0 saturated carbocycles. The van der Waals surface area contributed by atoms with E-state index >= 15 is 0 Å². The van der Waals surface area contributed by atoms with Crippen LogP contribution in [-0.2, 0) is 16.0 Å². The molecule has 25 heavy (non-hydrogen) atoms. The van der Waals surface area contributed by atoms with Gasteiger partial charge < -0.3 is 9.47 Å². The molecule has 0 atom stereocenters. The minimum absolute atomic E-state index is 0.218. The number of ether oxygens (including phenoxy) is 2. The fraction of sp³-hybridized carbons (Fsp3) is 0.158. The summed E-state index contributed by atoms with van der Waals surface area (Å²) in [5.41, 5.74) is 1.89. The number of aliphatic imine (C=N–C) groups is 1. The van der Waals surface area contributed by atoms with Crippen molar-refractivity contribution in [2.45, 2.75) is 12.8 Å². The number of nitrogens with zero attached hydrogens (tertiary/aromatic N) is 1. The molecule has 0 radical (unpaired) electrons. The smallest absolute Gasteiger partial charge is 0.363 e. The largest absolute Gasteiger partial charge is 0.495 e. The first-order chi connectivity index (χ1) is 12.0. The van der Waals surface area contributed by atoms with Gasteiger partial charge in [0.05, 0.1) is 12.1 Å². The number of hydrogen-bond acceptors (Lipinski definition) is 4. The topological polar surface area (TPSA) is 47.9 Å². The molecule has 0 N–H and O–H groups in total. The van der Waals surface area contributed by atoms with Gasteiger partial charge in [-0.25, -0.2) is 14.2 Å². The minimum atomic E-state index is -0.499. The van der Waals surface area contributed by atoms with Crippen molar-refractivity contribution in [3.8, 4) is 5.75 Å². The zero-order chi connectivity index (χ0) is 17.8. The molecule has 128 valence electrons. The van der Waals surface area contributed by atoms with E-state index in [-0.39, 0.29) is 11.5 Å². The summed E-state index contributed by atoms with van der Waals surface area (Å²) in [6, 6.07) is 11.4. The van der Waals surface area contributed by atoms with Gasteiger partial charge in [0.2, 0.25) is 0 Å². The van der Waals surface area contributed by atoms with Crippen LogP contribution in [0.15, 0.2) is 53.2 Å². The van der Waals surface area contributed by atoms with Crippen LogP contribution in [0.25, 0.3) is 6.08 Å². The van der Waals surface area contributed by atoms with E-state index in [1.165, 1.54) is 19.2 Å². The van der Waals surface area contributed by atoms with Crippen LogP contribution in [0.4, 0.5) is 4.39 Å². The number of benzene rings is 2. The van der Waals surface area contributed by atoms with Gasteiger partial charge in [-0.2, -0.15) is 0 Å². The number of methoxy groups -OCH3 is 1. The monoisotopic (exact) mass is 359 g/mol. The number of esters is 1. The highest BCUT2D eigenvalue weighted by atomic mass is 35.5. The molecule has 0 aromatic heterocycles. The summed E-state index contributed by atoms with van der Waals surface area (Å²) >= 11 is 6.08. The number of halogens is 2. The van der Waals surface area contributed by atoms with E-state index < -0.39 is 5.97 Å². The number of aryl methyl sites for hydroxylation is 1. The predicted molar refractivity (Wildman–Crippen MR) is 94.2 cm³/mol. The molecule has 0 fully saturated rings. The van der Waals surface area contributed by atoms with Crippen molar-refractivity contribution >= 4 is 29.5 Å². The summed E-state index contributed by atoms with van der Waals surface area (Å²) in [4.78, 5) is 16.2. The third-order valence-electron chi connectivity index (χ3n) is 3.68. The molecule has 1 heterocycles. The van der Waals surface area contributed by atoms with Crippen molar-refractivity contribution in [2.75, 3.05) is 7.11 Å². The quantitative estimate of drug-likeness (QED) is 0.586. The molecule has 0 amide bonds. The van der Waals surface area contributed by atoms with Gasteiger partial charge in [-0.1, -0.05) is 29.8 Å². The van der Waals surface area contributed by atoms with Gasteiger partial charge >= 0.3 is 5.97 Å². The number of carbonyl (C=O) groups excluding carboxylic acids is 1. The highest BCUT2D eigenvalue weighted by molar-refractivity contribution is 6.32. The highest BCUT2D eigenvalue weighted by Gasteiger charge is 2.22. The van der Waals surface area contributed by atoms with E-state index in [1.807, 2.05) is 0 Å². The van der Waals surface area contributed by atoms with Crippen molar-refractivity contribution < 1.29 is 18.7 Å². The molecule has 0 spiro atoms. The maximum atomic E-state index is 12.9. The average Bonchev–Trinajstić information content (AvgIpc) is 2.94. The predicted octanol–water partition coefficient (Wildman–Crippen LogP) is 4.42. The van der Waals surface area contributed by atoms with Crippen molar-refractivity contribution in [2.24, 2.45) is 4.99 Å². The number of cyclic esters (lactones) is 1. The van der Waals surface area contributed by atoms with Gasteiger partial charge in [-0.15, -0.1) is 0 Å². The first-order valence-corrected chi connectivity index (χ1v) is 8.02. The van der Waals surface area contributed by atoms with Crippen LogP contribution >= 0.6 is 11.6 Å². The molecule has 2 aromatic carbocycles. The maximum Gasteiger partial charge on any atom is 0.363 e. The zero-order valence-electron chi connectivity index (χ0n) is 13.5. The van der Waals surface area contributed by atoms with Gasteiger partial charge in [0, 0.05) is 6.42 Å². The Labute approximate surface area is 149 Å². The Morgan fingerprint density at radius 3 is 2.64 bits per heavy atom. The summed E-state index contributed by atoms with van der Waals surface area (Å²) < 4.78 is 23.2. The Bertz CT molecular complexity index is 859. The van der Waals surface area contributed by atoms with Gasteiger partial charge in [-0.05, 0) is 47.9 Å². The molecular formula is C19H15ClFNO3. The molecule has 4 nitrogen and oxygen atoms in total. The SMILES string of the molecule is COc1ccc(/C=C2/N=C(CCc3ccc(F)cc3)OC2=O)cc1Cl. The van der Waals surface area contributed by atoms with Crippen molar-refractivity contribution in [3.63, 3.8) is 0 Å². The maximum absolute atomic E-state index is 12.9. The number of hydrogen-bond donors (Lipinski definition) is 0. The van der Waals surface area contributed by atoms with E-state index in [0.717, 1.165) is 11.1 Å². The normalized spacial score (nSPS) is 15.2. The summed E-state index contributed by atoms with van der Waals surface area (Å²) in [6.45, 7) is 0. The lowest BCUT2D eigenvalue weighted by Gasteiger charge is -2.03. The fourth-order valence-corrected chi connectivity index (χ4v) is 2.66. The Morgan fingerprint density at radius 1 is 1.20 bits per heavy atom. The van der Waals surface area contributed by atoms with E-state index in [2.05, 4.69) is 4.99 Å². The summed E-state index contributed by atoms with van der Waals surface area (Å²) in [5.74, 6) is 0.124. The van der Waals surface area contributed by atoms with Crippen LogP contribution in [0.1, 0.15) is 17.5 Å². The standard InChI is InChI=1S/C19H15ClFNO3/c1-24-17-8-4-13(10-15(17)20)11-16-19(23)25-18(22-16)9-5-12-2-6-14(21)7-3-12/h2-4,6-8,10-11H,5,9H2,1H3/b16-11+. The highest BCUT2D eigenvalue weighted by Crippen LogP contribution is 2.27. The third kappa shape index (κ3) is 4.25. The summed E-state index contributed by atoms with van der Waals surface area (Å²) in [5, 5.41) is 0.448. The molecule has 0 bridgehead atoms. The zero-order valence-corrected chi connectivity index (χ0v) is 14.2. The van der Waals surface area contributed by atoms with Crippen LogP contribution in [0.2, 0.25) is 5.02 Å². The molecule has 0 unspecified atom stereocenters. The van der Waals surface area contributed by atoms with Gasteiger partial charge in [0.25, 0.3) is 0 Å². The van der Waals surface area contributed by atoms with Gasteiger partial charge in [0.1, 0.15) is 11.6 Å². The molecule has 0 aliphatic carbocycles. The van der Waals surface area contributed by atoms with Crippen LogP contribution in [0.5, 0.6) is 5.75 Å². The molecule has 2 aromatic rings. The van der Waals surface area contributed by atoms with Crippen LogP contribution in [0.3, 0.4) is 0 Å². The molecule has 6 heteroatoms. The van der Waals surface area contributed by atoms with Crippen molar-refractivity contribution in [3.05, 3.63) is 70.1 Å². The van der Waals surface area contributed by atoms with Crippen LogP contribution in [-0.4, -0.2) is 19.0 Å². The second-order valence-electron chi connectivity index (χ2n) is 5.45. The lowest BCUT2D eigenvalue weighted by Crippen LogP contribution is -2.05. The molecule has 0 saturated heterocycles. The van der Waals surface area contributed by atoms with Crippen LogP contribution < -0.4 is 4.74 Å². The van der Waals surface area contributed by atoms with Gasteiger partial charge in [-0.3, -0.25) is 0 Å². The first kappa shape index (κ1) is 17.2. The first-order valence-electron chi connectivity index (χ1n) is 7.64. The summed E-state index contributed by atoms with van der Waals surface area (Å²) in [7, 11) is 1.53. The molecule has 1 aliphatic rings. The molecule has 3 rings (SSSR count). The Balaban J connectivity index is 1.71. The van der Waals surface area contributed by atoms with Gasteiger partial charge in [0.15, 0.2) is 11.6 Å². The lowest BCUT2D eigenvalue weighted by atomic mass is 10.1. The number of rotatable bonds is 5. The second-order valence-corrected chi connectivity index (χ2v) is 5.85. The lowest BCUT2D eigenvalue weighted by molar-refractivity contribution is -0.130. The van der Waals surface area contributed by atoms with E-state index in [1.54, 1.807) is 36.4 Å². The van der Waals surface area contributed by atoms with Crippen molar-refractivity contribution in [1.82, 2.24) is 0 Å². The average molecular weight is 360 g/mol. The summed E-state index contributed by atoms with van der Waals surface area (Å²) in [6.07, 6.45) is 2.67. The van der Waals surface area contributed by atoms with Crippen molar-refractivity contribution in [1.29, 1.82) is 0 Å². The molecule has 1 aliphatic heterocycles. The van der Waals surface area contributed by atoms with E-state index in [9.17, 15) is 9.18 Å². The fourth-order valence-electron chi connectivity index (χ4n) is 2.39. The molecular weight excluding hydrogens is 345 g/mol. The second kappa shape index (κ2) is 7.49. The van der Waals surface area contributed by atoms with E-state index in [0.29, 0.717) is 29.5 Å². The number of carbonyl (C=O) groups is 1. The Hall–Kier alpha value is -2.66. The van der Waals surface area contributed by atoms with Crippen LogP contribution in [0, 0.1) is 5.82 Å². The Morgan fingerprint density at radius 2 is 1.96 bits per heavy atom. The third-order valence-corrected chi connectivity index (χ3v) is 3.98. The Kier molecular flexibility index (Phi) is 5.14. The van der Waals surface area contributed by atoms with E-state index in [4.69, 9.17) is 21.1 Å².